The van der Waals surface area contributed by atoms with Gasteiger partial charge in [-0.1, -0.05) is 19.3 Å². The molecule has 0 aromatic heterocycles. The number of halogens is 1. The van der Waals surface area contributed by atoms with E-state index in [-0.39, 0.29) is 12.4 Å². The summed E-state index contributed by atoms with van der Waals surface area (Å²) in [5.74, 6) is 6.28. The predicted octanol–water partition coefficient (Wildman–Crippen LogP) is 1.79. The monoisotopic (exact) mass is 355 g/mol. The van der Waals surface area contributed by atoms with E-state index >= 15 is 0 Å². The molecule has 0 unspecified atom stereocenters. The van der Waals surface area contributed by atoms with Crippen molar-refractivity contribution in [3.63, 3.8) is 0 Å². The van der Waals surface area contributed by atoms with Crippen LogP contribution in [-0.2, 0) is 0 Å². The maximum Gasteiger partial charge on any atom is 0.152 e. The molecule has 0 amide bonds. The average molecular weight is 355 g/mol. The molecule has 134 valence electrons. The molecule has 24 heavy (non-hydrogen) atoms. The van der Waals surface area contributed by atoms with Gasteiger partial charge < -0.3 is 10.8 Å². The number of aliphatic hydroxyl groups excluding tert-OH is 1. The zero-order valence-corrected chi connectivity index (χ0v) is 14.6. The van der Waals surface area contributed by atoms with E-state index in [1.54, 1.807) is 12.1 Å². The number of rotatable bonds is 8. The molecule has 0 heterocycles. The number of nitrogens with zero attached hydrogens (tertiary/aromatic N) is 2. The number of hydrazone groups is 1. The third kappa shape index (κ3) is 5.94. The number of benzene rings is 1. The highest BCUT2D eigenvalue weighted by Crippen LogP contribution is 2.24. The lowest BCUT2D eigenvalue weighted by Gasteiger charge is -2.25. The Balaban J connectivity index is 1.94. The minimum atomic E-state index is -0.392. The number of aliphatic hydroxyl groups is 1. The van der Waals surface area contributed by atoms with Crippen LogP contribution in [0.2, 0.25) is 0 Å². The zero-order valence-electron chi connectivity index (χ0n) is 13.7. The number of amidine groups is 1. The lowest BCUT2D eigenvalue weighted by atomic mass is 9.89. The molecule has 2 rings (SSSR count). The molecule has 0 atom stereocenters. The van der Waals surface area contributed by atoms with Crippen molar-refractivity contribution < 1.29 is 9.50 Å². The molecule has 1 aliphatic carbocycles. The standard InChI is InChI=1S/C16H26FN5OS/c17-14-10-13(6-7-15(14)24-20-8-9-23)16(18)21-22(19)11-12-4-2-1-3-5-12/h6-7,10,12,20,23H,1-5,8-9,11,19H2,(H2,18,21). The summed E-state index contributed by atoms with van der Waals surface area (Å²) in [6.07, 6.45) is 6.12. The first kappa shape index (κ1) is 19.0. The highest BCUT2D eigenvalue weighted by molar-refractivity contribution is 7.97. The predicted molar refractivity (Wildman–Crippen MR) is 95.5 cm³/mol. The van der Waals surface area contributed by atoms with Gasteiger partial charge in [0.15, 0.2) is 5.84 Å². The molecule has 0 radical (unpaired) electrons. The number of hydrogen-bond acceptors (Lipinski definition) is 6. The smallest absolute Gasteiger partial charge is 0.152 e. The van der Waals surface area contributed by atoms with Gasteiger partial charge in [-0.25, -0.2) is 15.4 Å². The van der Waals surface area contributed by atoms with Gasteiger partial charge >= 0.3 is 0 Å². The molecule has 1 aromatic rings. The Labute approximate surface area is 146 Å². The van der Waals surface area contributed by atoms with Crippen molar-refractivity contribution in [2.24, 2.45) is 22.6 Å². The summed E-state index contributed by atoms with van der Waals surface area (Å²) in [6, 6.07) is 4.68. The van der Waals surface area contributed by atoms with E-state index < -0.39 is 5.82 Å². The van der Waals surface area contributed by atoms with E-state index in [0.29, 0.717) is 29.5 Å². The fraction of sp³-hybridized carbons (Fsp3) is 0.562. The van der Waals surface area contributed by atoms with Gasteiger partial charge in [0.1, 0.15) is 5.82 Å². The Hall–Kier alpha value is -1.35. The summed E-state index contributed by atoms with van der Waals surface area (Å²) in [6.45, 7) is 1.06. The van der Waals surface area contributed by atoms with Crippen molar-refractivity contribution in [3.05, 3.63) is 29.6 Å². The molecule has 1 aliphatic rings. The first-order valence-corrected chi connectivity index (χ1v) is 9.08. The van der Waals surface area contributed by atoms with Gasteiger partial charge in [0, 0.05) is 12.1 Å². The van der Waals surface area contributed by atoms with Gasteiger partial charge in [-0.15, -0.1) is 5.10 Å². The summed E-state index contributed by atoms with van der Waals surface area (Å²) in [5.41, 5.74) is 6.45. The van der Waals surface area contributed by atoms with Gasteiger partial charge in [-0.2, -0.15) is 0 Å². The minimum Gasteiger partial charge on any atom is -0.395 e. The van der Waals surface area contributed by atoms with Gasteiger partial charge in [0.05, 0.1) is 18.0 Å². The number of hydrazine groups is 1. The summed E-state index contributed by atoms with van der Waals surface area (Å²) in [5, 5.41) is 14.3. The molecular formula is C16H26FN5OS. The first-order chi connectivity index (χ1) is 11.6. The average Bonchev–Trinajstić information content (AvgIpc) is 2.57. The molecule has 0 saturated heterocycles. The van der Waals surface area contributed by atoms with Crippen molar-refractivity contribution in [3.8, 4) is 0 Å². The second-order valence-electron chi connectivity index (χ2n) is 5.98. The van der Waals surface area contributed by atoms with Crippen molar-refractivity contribution >= 4 is 17.8 Å². The van der Waals surface area contributed by atoms with Crippen LogP contribution in [-0.4, -0.2) is 35.8 Å². The Bertz CT molecular complexity index is 551. The van der Waals surface area contributed by atoms with Gasteiger partial charge in [-0.05, 0) is 48.9 Å². The molecule has 0 spiro atoms. The highest BCUT2D eigenvalue weighted by atomic mass is 32.2. The molecule has 0 bridgehead atoms. The Morgan fingerprint density at radius 2 is 2.12 bits per heavy atom. The van der Waals surface area contributed by atoms with Crippen molar-refractivity contribution in [1.29, 1.82) is 0 Å². The van der Waals surface area contributed by atoms with Crippen LogP contribution in [0.15, 0.2) is 28.2 Å². The van der Waals surface area contributed by atoms with Crippen molar-refractivity contribution in [1.82, 2.24) is 9.84 Å². The van der Waals surface area contributed by atoms with Crippen LogP contribution in [0.3, 0.4) is 0 Å². The molecule has 1 aromatic carbocycles. The fourth-order valence-electron chi connectivity index (χ4n) is 2.79. The van der Waals surface area contributed by atoms with Gasteiger partial charge in [0.2, 0.25) is 0 Å². The number of nitrogens with two attached hydrogens (primary N) is 2. The molecular weight excluding hydrogens is 329 g/mol. The third-order valence-electron chi connectivity index (χ3n) is 4.03. The summed E-state index contributed by atoms with van der Waals surface area (Å²) in [7, 11) is 0. The summed E-state index contributed by atoms with van der Waals surface area (Å²) >= 11 is 1.13. The van der Waals surface area contributed by atoms with Crippen LogP contribution < -0.4 is 16.3 Å². The van der Waals surface area contributed by atoms with Crippen molar-refractivity contribution in [2.75, 3.05) is 19.7 Å². The number of hydrogen-bond donors (Lipinski definition) is 4. The molecule has 6 nitrogen and oxygen atoms in total. The highest BCUT2D eigenvalue weighted by Gasteiger charge is 2.15. The maximum atomic E-state index is 14.1. The van der Waals surface area contributed by atoms with Crippen LogP contribution in [0.1, 0.15) is 37.7 Å². The largest absolute Gasteiger partial charge is 0.395 e. The maximum absolute atomic E-state index is 14.1. The zero-order chi connectivity index (χ0) is 17.4. The second kappa shape index (κ2) is 9.83. The topological polar surface area (TPSA) is 99.9 Å². The Kier molecular flexibility index (Phi) is 7.77. The van der Waals surface area contributed by atoms with E-state index in [0.717, 1.165) is 11.9 Å². The minimum absolute atomic E-state index is 0.000360. The summed E-state index contributed by atoms with van der Waals surface area (Å²) < 4.78 is 16.9. The molecule has 6 N–H and O–H groups in total. The van der Waals surface area contributed by atoms with Crippen LogP contribution in [0.25, 0.3) is 0 Å². The van der Waals surface area contributed by atoms with E-state index in [2.05, 4.69) is 9.82 Å². The summed E-state index contributed by atoms with van der Waals surface area (Å²) in [4.78, 5) is 0.437. The molecule has 8 heteroatoms. The lowest BCUT2D eigenvalue weighted by molar-refractivity contribution is 0.211. The van der Waals surface area contributed by atoms with E-state index in [9.17, 15) is 4.39 Å². The van der Waals surface area contributed by atoms with Gasteiger partial charge in [-0.3, -0.25) is 4.72 Å². The number of nitrogens with one attached hydrogen (secondary N) is 1. The van der Waals surface area contributed by atoms with Crippen LogP contribution >= 0.6 is 11.9 Å². The van der Waals surface area contributed by atoms with Gasteiger partial charge in [0.25, 0.3) is 0 Å². The lowest BCUT2D eigenvalue weighted by Crippen LogP contribution is -2.34. The third-order valence-corrected chi connectivity index (χ3v) is 4.93. The quantitative estimate of drug-likeness (QED) is 0.142. The van der Waals surface area contributed by atoms with E-state index in [1.165, 1.54) is 43.3 Å². The first-order valence-electron chi connectivity index (χ1n) is 8.27. The SMILES string of the molecule is N/C(=N\N(N)CC1CCCCC1)c1ccc(SNCCO)c(F)c1. The van der Waals surface area contributed by atoms with E-state index in [4.69, 9.17) is 16.7 Å². The molecule has 0 aliphatic heterocycles. The molecule has 1 fully saturated rings. The normalized spacial score (nSPS) is 16.4. The van der Waals surface area contributed by atoms with Crippen LogP contribution in [0.4, 0.5) is 4.39 Å². The van der Waals surface area contributed by atoms with Crippen LogP contribution in [0.5, 0.6) is 0 Å². The fourth-order valence-corrected chi connectivity index (χ4v) is 3.43. The van der Waals surface area contributed by atoms with Crippen molar-refractivity contribution in [2.45, 2.75) is 37.0 Å². The molecule has 1 saturated carbocycles. The van der Waals surface area contributed by atoms with Crippen LogP contribution in [0, 0.1) is 11.7 Å². The Morgan fingerprint density at radius 1 is 1.38 bits per heavy atom. The Morgan fingerprint density at radius 3 is 2.79 bits per heavy atom. The van der Waals surface area contributed by atoms with E-state index in [1.807, 2.05) is 0 Å². The second-order valence-corrected chi connectivity index (χ2v) is 6.91.